The summed E-state index contributed by atoms with van der Waals surface area (Å²) in [5.74, 6) is 1.44. The molecule has 20 heavy (non-hydrogen) atoms. The Kier molecular flexibility index (Phi) is 3.25. The summed E-state index contributed by atoms with van der Waals surface area (Å²) in [6, 6.07) is 14.9. The number of ketones is 1. The summed E-state index contributed by atoms with van der Waals surface area (Å²) < 4.78 is 10.8. The second-order valence-electron chi connectivity index (χ2n) is 4.56. The van der Waals surface area contributed by atoms with Gasteiger partial charge in [0.25, 0.3) is 0 Å². The van der Waals surface area contributed by atoms with Gasteiger partial charge < -0.3 is 9.47 Å². The molecule has 0 radical (unpaired) electrons. The van der Waals surface area contributed by atoms with E-state index in [1.165, 1.54) is 0 Å². The van der Waals surface area contributed by atoms with E-state index in [1.54, 1.807) is 13.2 Å². The van der Waals surface area contributed by atoms with Crippen molar-refractivity contribution in [3.8, 4) is 11.5 Å². The zero-order valence-corrected chi connectivity index (χ0v) is 11.1. The molecule has 0 bridgehead atoms. The summed E-state index contributed by atoms with van der Waals surface area (Å²) in [5, 5.41) is 0. The van der Waals surface area contributed by atoms with Crippen LogP contribution in [0.5, 0.6) is 11.5 Å². The molecule has 1 aliphatic heterocycles. The average Bonchev–Trinajstić information content (AvgIpc) is 2.50. The molecule has 3 rings (SSSR count). The first-order valence-corrected chi connectivity index (χ1v) is 6.39. The maximum atomic E-state index is 12.4. The van der Waals surface area contributed by atoms with Gasteiger partial charge in [0.1, 0.15) is 18.1 Å². The number of hydrogen-bond donors (Lipinski definition) is 0. The Bertz CT molecular complexity index is 686. The van der Waals surface area contributed by atoms with Gasteiger partial charge in [0.2, 0.25) is 0 Å². The van der Waals surface area contributed by atoms with Crippen LogP contribution in [-0.2, 0) is 0 Å². The van der Waals surface area contributed by atoms with E-state index in [0.717, 1.165) is 11.3 Å². The van der Waals surface area contributed by atoms with Gasteiger partial charge in [-0.05, 0) is 35.9 Å². The minimum Gasteiger partial charge on any atom is -0.497 e. The summed E-state index contributed by atoms with van der Waals surface area (Å²) in [4.78, 5) is 12.4. The molecule has 0 saturated carbocycles. The minimum absolute atomic E-state index is 0.0228. The van der Waals surface area contributed by atoms with Crippen molar-refractivity contribution in [2.24, 2.45) is 0 Å². The summed E-state index contributed by atoms with van der Waals surface area (Å²) in [7, 11) is 1.62. The molecular weight excluding hydrogens is 252 g/mol. The third-order valence-corrected chi connectivity index (χ3v) is 3.24. The molecule has 0 amide bonds. The van der Waals surface area contributed by atoms with E-state index in [2.05, 4.69) is 0 Å². The Hall–Kier alpha value is -2.55. The van der Waals surface area contributed by atoms with Crippen LogP contribution in [0, 0.1) is 0 Å². The predicted octanol–water partition coefficient (Wildman–Crippen LogP) is 3.35. The third kappa shape index (κ3) is 2.30. The van der Waals surface area contributed by atoms with Gasteiger partial charge in [-0.15, -0.1) is 0 Å². The van der Waals surface area contributed by atoms with Crippen molar-refractivity contribution in [1.82, 2.24) is 0 Å². The molecule has 0 atom stereocenters. The Morgan fingerprint density at radius 2 is 2.00 bits per heavy atom. The maximum Gasteiger partial charge on any atom is 0.196 e. The van der Waals surface area contributed by atoms with E-state index in [0.29, 0.717) is 23.5 Å². The predicted molar refractivity (Wildman–Crippen MR) is 77.2 cm³/mol. The highest BCUT2D eigenvalue weighted by Gasteiger charge is 2.22. The monoisotopic (exact) mass is 266 g/mol. The SMILES string of the molecule is COc1cccc(C=C2COc3ccccc3C2=O)c1. The zero-order valence-electron chi connectivity index (χ0n) is 11.1. The number of rotatable bonds is 2. The first kappa shape index (κ1) is 12.5. The minimum atomic E-state index is 0.0228. The summed E-state index contributed by atoms with van der Waals surface area (Å²) in [6.07, 6.45) is 1.85. The Labute approximate surface area is 117 Å². The summed E-state index contributed by atoms with van der Waals surface area (Å²) in [6.45, 7) is 0.299. The lowest BCUT2D eigenvalue weighted by Gasteiger charge is -2.18. The smallest absolute Gasteiger partial charge is 0.196 e. The van der Waals surface area contributed by atoms with E-state index >= 15 is 0 Å². The molecule has 0 N–H and O–H groups in total. The molecule has 0 saturated heterocycles. The first-order chi connectivity index (χ1) is 9.78. The van der Waals surface area contributed by atoms with Crippen molar-refractivity contribution in [3.63, 3.8) is 0 Å². The molecule has 0 aliphatic carbocycles. The number of hydrogen-bond acceptors (Lipinski definition) is 3. The molecule has 2 aromatic rings. The van der Waals surface area contributed by atoms with Crippen molar-refractivity contribution >= 4 is 11.9 Å². The van der Waals surface area contributed by atoms with Crippen molar-refractivity contribution < 1.29 is 14.3 Å². The third-order valence-electron chi connectivity index (χ3n) is 3.24. The van der Waals surface area contributed by atoms with E-state index in [9.17, 15) is 4.79 Å². The lowest BCUT2D eigenvalue weighted by molar-refractivity contribution is 0.100. The van der Waals surface area contributed by atoms with E-state index < -0.39 is 0 Å². The van der Waals surface area contributed by atoms with Gasteiger partial charge in [0.15, 0.2) is 5.78 Å². The zero-order chi connectivity index (χ0) is 13.9. The van der Waals surface area contributed by atoms with Crippen LogP contribution in [0.25, 0.3) is 6.08 Å². The van der Waals surface area contributed by atoms with Crippen LogP contribution in [0.4, 0.5) is 0 Å². The first-order valence-electron chi connectivity index (χ1n) is 6.39. The van der Waals surface area contributed by atoms with Gasteiger partial charge in [-0.1, -0.05) is 24.3 Å². The Morgan fingerprint density at radius 3 is 2.85 bits per heavy atom. The van der Waals surface area contributed by atoms with Gasteiger partial charge in [-0.3, -0.25) is 4.79 Å². The van der Waals surface area contributed by atoms with Crippen molar-refractivity contribution in [2.45, 2.75) is 0 Å². The molecule has 0 fully saturated rings. The highest BCUT2D eigenvalue weighted by Crippen LogP contribution is 2.27. The average molecular weight is 266 g/mol. The lowest BCUT2D eigenvalue weighted by atomic mass is 9.98. The fourth-order valence-electron chi connectivity index (χ4n) is 2.21. The highest BCUT2D eigenvalue weighted by atomic mass is 16.5. The standard InChI is InChI=1S/C17H14O3/c1-19-14-6-4-5-12(10-14)9-13-11-20-16-8-3-2-7-15(16)17(13)18/h2-10H,11H2,1H3. The van der Waals surface area contributed by atoms with Gasteiger partial charge in [-0.25, -0.2) is 0 Å². The second kappa shape index (κ2) is 5.21. The number of carbonyl (C=O) groups is 1. The molecule has 0 unspecified atom stereocenters. The number of carbonyl (C=O) groups excluding carboxylic acids is 1. The normalized spacial score (nSPS) is 15.7. The van der Waals surface area contributed by atoms with E-state index in [1.807, 2.05) is 48.5 Å². The van der Waals surface area contributed by atoms with Crippen LogP contribution in [0.15, 0.2) is 54.1 Å². The van der Waals surface area contributed by atoms with Crippen LogP contribution in [0.1, 0.15) is 15.9 Å². The number of fused-ring (bicyclic) bond motifs is 1. The number of para-hydroxylation sites is 1. The van der Waals surface area contributed by atoms with Crippen LogP contribution < -0.4 is 9.47 Å². The Balaban J connectivity index is 1.95. The number of Topliss-reactive ketones (excluding diaryl/α,β-unsaturated/α-hetero) is 1. The molecule has 1 heterocycles. The van der Waals surface area contributed by atoms with Crippen LogP contribution >= 0.6 is 0 Å². The van der Waals surface area contributed by atoms with Crippen molar-refractivity contribution in [3.05, 3.63) is 65.2 Å². The molecule has 100 valence electrons. The second-order valence-corrected chi connectivity index (χ2v) is 4.56. The van der Waals surface area contributed by atoms with Gasteiger partial charge in [0.05, 0.1) is 12.7 Å². The van der Waals surface area contributed by atoms with Crippen molar-refractivity contribution in [1.29, 1.82) is 0 Å². The van der Waals surface area contributed by atoms with Gasteiger partial charge in [-0.2, -0.15) is 0 Å². The largest absolute Gasteiger partial charge is 0.497 e. The molecule has 0 spiro atoms. The number of methoxy groups -OCH3 is 1. The number of benzene rings is 2. The number of ether oxygens (including phenoxy) is 2. The van der Waals surface area contributed by atoms with Gasteiger partial charge in [0, 0.05) is 5.57 Å². The molecule has 2 aromatic carbocycles. The lowest BCUT2D eigenvalue weighted by Crippen LogP contribution is -2.18. The summed E-state index contributed by atoms with van der Waals surface area (Å²) >= 11 is 0. The maximum absolute atomic E-state index is 12.4. The molecule has 3 nitrogen and oxygen atoms in total. The molecule has 1 aliphatic rings. The Morgan fingerprint density at radius 1 is 1.15 bits per heavy atom. The van der Waals surface area contributed by atoms with E-state index in [4.69, 9.17) is 9.47 Å². The van der Waals surface area contributed by atoms with Crippen molar-refractivity contribution in [2.75, 3.05) is 13.7 Å². The fraction of sp³-hybridized carbons (Fsp3) is 0.118. The quantitative estimate of drug-likeness (QED) is 0.782. The van der Waals surface area contributed by atoms with Gasteiger partial charge >= 0.3 is 0 Å². The summed E-state index contributed by atoms with van der Waals surface area (Å²) in [5.41, 5.74) is 2.19. The topological polar surface area (TPSA) is 35.5 Å². The molecule has 3 heteroatoms. The van der Waals surface area contributed by atoms with Crippen LogP contribution in [-0.4, -0.2) is 19.5 Å². The fourth-order valence-corrected chi connectivity index (χ4v) is 2.21. The van der Waals surface area contributed by atoms with E-state index in [-0.39, 0.29) is 5.78 Å². The van der Waals surface area contributed by atoms with Crippen LogP contribution in [0.3, 0.4) is 0 Å². The highest BCUT2D eigenvalue weighted by molar-refractivity contribution is 6.14. The molecule has 0 aromatic heterocycles. The van der Waals surface area contributed by atoms with Crippen LogP contribution in [0.2, 0.25) is 0 Å². The molecular formula is C17H14O3.